The molecule has 0 bridgehead atoms. The monoisotopic (exact) mass is 183 g/mol. The van der Waals surface area contributed by atoms with E-state index in [0.29, 0.717) is 6.04 Å². The Labute approximate surface area is 83.3 Å². The summed E-state index contributed by atoms with van der Waals surface area (Å²) in [6, 6.07) is 0.659. The van der Waals surface area contributed by atoms with Crippen LogP contribution in [0.4, 0.5) is 0 Å². The Bertz CT molecular complexity index is 114. The van der Waals surface area contributed by atoms with Crippen LogP contribution in [-0.2, 0) is 0 Å². The van der Waals surface area contributed by atoms with Crippen LogP contribution < -0.4 is 5.32 Å². The highest BCUT2D eigenvalue weighted by Crippen LogP contribution is 2.26. The zero-order chi connectivity index (χ0) is 9.52. The Morgan fingerprint density at radius 3 is 2.46 bits per heavy atom. The van der Waals surface area contributed by atoms with Gasteiger partial charge in [0.1, 0.15) is 0 Å². The molecule has 1 nitrogen and oxygen atoms in total. The lowest BCUT2D eigenvalue weighted by atomic mass is 9.86. The molecule has 1 N–H and O–H groups in total. The molecule has 1 aliphatic carbocycles. The summed E-state index contributed by atoms with van der Waals surface area (Å²) in [6.45, 7) is 5.66. The normalized spacial score (nSPS) is 19.6. The molecule has 0 atom stereocenters. The molecule has 0 spiro atoms. The fraction of sp³-hybridized carbons (Fsp3) is 1.00. The maximum absolute atomic E-state index is 3.49. The molecule has 0 radical (unpaired) electrons. The first-order valence-electron chi connectivity index (χ1n) is 6.02. The molecule has 0 amide bonds. The van der Waals surface area contributed by atoms with E-state index in [2.05, 4.69) is 19.2 Å². The Balaban J connectivity index is 1.92. The van der Waals surface area contributed by atoms with Gasteiger partial charge in [0.25, 0.3) is 0 Å². The molecule has 13 heavy (non-hydrogen) atoms. The summed E-state index contributed by atoms with van der Waals surface area (Å²) in [5.74, 6) is 1.06. The first-order valence-corrected chi connectivity index (χ1v) is 6.02. The van der Waals surface area contributed by atoms with Crippen molar-refractivity contribution in [2.75, 3.05) is 6.54 Å². The van der Waals surface area contributed by atoms with Crippen molar-refractivity contribution in [2.24, 2.45) is 5.92 Å². The fourth-order valence-corrected chi connectivity index (χ4v) is 2.26. The van der Waals surface area contributed by atoms with Gasteiger partial charge in [-0.05, 0) is 25.3 Å². The number of nitrogens with one attached hydrogen (secondary N) is 1. The zero-order valence-corrected chi connectivity index (χ0v) is 9.31. The molecule has 78 valence electrons. The smallest absolute Gasteiger partial charge is 0.00103 e. The molecule has 1 rings (SSSR count). The minimum atomic E-state index is 0.659. The van der Waals surface area contributed by atoms with Gasteiger partial charge >= 0.3 is 0 Å². The molecule has 1 fully saturated rings. The summed E-state index contributed by atoms with van der Waals surface area (Å²) >= 11 is 0. The van der Waals surface area contributed by atoms with Crippen LogP contribution in [0.25, 0.3) is 0 Å². The molecule has 1 aliphatic rings. The van der Waals surface area contributed by atoms with Crippen LogP contribution in [-0.4, -0.2) is 12.6 Å². The lowest BCUT2D eigenvalue weighted by Crippen LogP contribution is -2.24. The summed E-state index contributed by atoms with van der Waals surface area (Å²) in [5.41, 5.74) is 0. The van der Waals surface area contributed by atoms with E-state index in [1.54, 1.807) is 0 Å². The topological polar surface area (TPSA) is 12.0 Å². The molecule has 1 saturated carbocycles. The van der Waals surface area contributed by atoms with Crippen LogP contribution in [0, 0.1) is 5.92 Å². The van der Waals surface area contributed by atoms with Crippen LogP contribution in [0.2, 0.25) is 0 Å². The molecule has 0 aliphatic heterocycles. The minimum Gasteiger partial charge on any atom is -0.315 e. The molecule has 0 aromatic carbocycles. The van der Waals surface area contributed by atoms with Crippen molar-refractivity contribution in [1.29, 1.82) is 0 Å². The van der Waals surface area contributed by atoms with Crippen molar-refractivity contribution in [3.63, 3.8) is 0 Å². The van der Waals surface area contributed by atoms with Crippen LogP contribution in [0.15, 0.2) is 0 Å². The summed E-state index contributed by atoms with van der Waals surface area (Å²) in [4.78, 5) is 0. The van der Waals surface area contributed by atoms with E-state index in [1.807, 2.05) is 0 Å². The van der Waals surface area contributed by atoms with Crippen molar-refractivity contribution < 1.29 is 0 Å². The van der Waals surface area contributed by atoms with E-state index in [1.165, 1.54) is 51.5 Å². The number of rotatable bonds is 5. The van der Waals surface area contributed by atoms with Gasteiger partial charge in [-0.25, -0.2) is 0 Å². The second-order valence-electron chi connectivity index (χ2n) is 4.76. The van der Waals surface area contributed by atoms with Gasteiger partial charge in [0.2, 0.25) is 0 Å². The van der Waals surface area contributed by atoms with E-state index >= 15 is 0 Å². The summed E-state index contributed by atoms with van der Waals surface area (Å²) in [5, 5.41) is 3.49. The molecule has 0 saturated heterocycles. The first-order chi connectivity index (χ1) is 6.29. The van der Waals surface area contributed by atoms with E-state index in [4.69, 9.17) is 0 Å². The zero-order valence-electron chi connectivity index (χ0n) is 9.31. The van der Waals surface area contributed by atoms with Crippen molar-refractivity contribution in [1.82, 2.24) is 5.32 Å². The number of hydrogen-bond donors (Lipinski definition) is 1. The van der Waals surface area contributed by atoms with Crippen LogP contribution >= 0.6 is 0 Å². The van der Waals surface area contributed by atoms with Gasteiger partial charge in [0, 0.05) is 6.04 Å². The SMILES string of the molecule is CC(C)NCCCC1CCCCC1. The van der Waals surface area contributed by atoms with Gasteiger partial charge in [-0.1, -0.05) is 46.0 Å². The average molecular weight is 183 g/mol. The van der Waals surface area contributed by atoms with Crippen molar-refractivity contribution in [3.8, 4) is 0 Å². The van der Waals surface area contributed by atoms with E-state index in [9.17, 15) is 0 Å². The van der Waals surface area contributed by atoms with Gasteiger partial charge in [-0.3, -0.25) is 0 Å². The molecule has 1 heteroatoms. The second kappa shape index (κ2) is 6.42. The highest BCUT2D eigenvalue weighted by molar-refractivity contribution is 4.66. The minimum absolute atomic E-state index is 0.659. The van der Waals surface area contributed by atoms with Crippen molar-refractivity contribution in [2.45, 2.75) is 64.8 Å². The maximum atomic E-state index is 3.49. The van der Waals surface area contributed by atoms with Gasteiger partial charge in [0.15, 0.2) is 0 Å². The highest BCUT2D eigenvalue weighted by Gasteiger charge is 2.12. The quantitative estimate of drug-likeness (QED) is 0.645. The molecular weight excluding hydrogens is 158 g/mol. The van der Waals surface area contributed by atoms with E-state index in [0.717, 1.165) is 5.92 Å². The van der Waals surface area contributed by atoms with Crippen LogP contribution in [0.3, 0.4) is 0 Å². The third-order valence-corrected chi connectivity index (χ3v) is 3.07. The van der Waals surface area contributed by atoms with Crippen molar-refractivity contribution in [3.05, 3.63) is 0 Å². The third-order valence-electron chi connectivity index (χ3n) is 3.07. The lowest BCUT2D eigenvalue weighted by Gasteiger charge is -2.21. The summed E-state index contributed by atoms with van der Waals surface area (Å²) in [7, 11) is 0. The van der Waals surface area contributed by atoms with Crippen molar-refractivity contribution >= 4 is 0 Å². The van der Waals surface area contributed by atoms with Gasteiger partial charge < -0.3 is 5.32 Å². The number of hydrogen-bond acceptors (Lipinski definition) is 1. The molecule has 0 aromatic rings. The van der Waals surface area contributed by atoms with Gasteiger partial charge in [-0.2, -0.15) is 0 Å². The Hall–Kier alpha value is -0.0400. The maximum Gasteiger partial charge on any atom is 0.00103 e. The Kier molecular flexibility index (Phi) is 5.45. The second-order valence-corrected chi connectivity index (χ2v) is 4.76. The van der Waals surface area contributed by atoms with Gasteiger partial charge in [-0.15, -0.1) is 0 Å². The predicted molar refractivity (Wildman–Crippen MR) is 58.9 cm³/mol. The molecule has 0 aromatic heterocycles. The largest absolute Gasteiger partial charge is 0.315 e. The molecule has 0 heterocycles. The fourth-order valence-electron chi connectivity index (χ4n) is 2.26. The average Bonchev–Trinajstić information content (AvgIpc) is 2.14. The Morgan fingerprint density at radius 1 is 1.15 bits per heavy atom. The van der Waals surface area contributed by atoms with Crippen LogP contribution in [0.1, 0.15) is 58.8 Å². The van der Waals surface area contributed by atoms with E-state index < -0.39 is 0 Å². The molecule has 0 unspecified atom stereocenters. The highest BCUT2D eigenvalue weighted by atomic mass is 14.9. The van der Waals surface area contributed by atoms with E-state index in [-0.39, 0.29) is 0 Å². The summed E-state index contributed by atoms with van der Waals surface area (Å²) < 4.78 is 0. The molecular formula is C12H25N. The standard InChI is InChI=1S/C12H25N/c1-11(2)13-10-6-9-12-7-4-3-5-8-12/h11-13H,3-10H2,1-2H3. The lowest BCUT2D eigenvalue weighted by molar-refractivity contribution is 0.329. The Morgan fingerprint density at radius 2 is 1.85 bits per heavy atom. The predicted octanol–water partition coefficient (Wildman–Crippen LogP) is 3.34. The van der Waals surface area contributed by atoms with Crippen LogP contribution in [0.5, 0.6) is 0 Å². The summed E-state index contributed by atoms with van der Waals surface area (Å²) in [6.07, 6.45) is 10.3. The van der Waals surface area contributed by atoms with Gasteiger partial charge in [0.05, 0.1) is 0 Å². The first kappa shape index (κ1) is 11.0. The third kappa shape index (κ3) is 5.30.